The summed E-state index contributed by atoms with van der Waals surface area (Å²) < 4.78 is 11.5. The van der Waals surface area contributed by atoms with Crippen molar-refractivity contribution in [1.82, 2.24) is 5.32 Å². The van der Waals surface area contributed by atoms with E-state index in [1.807, 2.05) is 13.1 Å². The van der Waals surface area contributed by atoms with E-state index in [0.717, 1.165) is 10.2 Å². The van der Waals surface area contributed by atoms with E-state index in [-0.39, 0.29) is 0 Å². The number of ether oxygens (including phenoxy) is 2. The van der Waals surface area contributed by atoms with Crippen LogP contribution in [0.4, 0.5) is 0 Å². The molecule has 0 heterocycles. The lowest BCUT2D eigenvalue weighted by Crippen LogP contribution is -2.12. The van der Waals surface area contributed by atoms with Crippen LogP contribution < -0.4 is 10.1 Å². The number of benzene rings is 1. The summed E-state index contributed by atoms with van der Waals surface area (Å²) >= 11 is 3.50. The summed E-state index contributed by atoms with van der Waals surface area (Å²) in [5, 5.41) is 3.20. The molecule has 0 saturated carbocycles. The maximum absolute atomic E-state index is 5.55. The maximum Gasteiger partial charge on any atom is 0.133 e. The minimum atomic E-state index is 0.337. The molecular weight excluding hydrogens is 270 g/mol. The van der Waals surface area contributed by atoms with Crippen molar-refractivity contribution in [2.45, 2.75) is 13.0 Å². The first-order chi connectivity index (χ1) is 7.69. The molecule has 1 aromatic carbocycles. The zero-order valence-corrected chi connectivity index (χ0v) is 11.5. The first kappa shape index (κ1) is 13.5. The summed E-state index contributed by atoms with van der Waals surface area (Å²) in [4.78, 5) is 0. The van der Waals surface area contributed by atoms with Crippen molar-refractivity contribution in [3.05, 3.63) is 28.2 Å². The lowest BCUT2D eigenvalue weighted by atomic mass is 10.1. The van der Waals surface area contributed by atoms with Crippen LogP contribution >= 0.6 is 15.9 Å². The molecule has 0 aromatic heterocycles. The second-order valence-electron chi connectivity index (χ2n) is 3.54. The Bertz CT molecular complexity index is 331. The molecule has 1 aromatic rings. The van der Waals surface area contributed by atoms with Crippen molar-refractivity contribution in [2.24, 2.45) is 0 Å². The smallest absolute Gasteiger partial charge is 0.133 e. The highest BCUT2D eigenvalue weighted by molar-refractivity contribution is 9.10. The van der Waals surface area contributed by atoms with E-state index in [4.69, 9.17) is 9.47 Å². The molecule has 0 saturated heterocycles. The summed E-state index contributed by atoms with van der Waals surface area (Å²) in [7, 11) is 3.61. The third kappa shape index (κ3) is 3.77. The van der Waals surface area contributed by atoms with Gasteiger partial charge in [0.15, 0.2) is 0 Å². The summed E-state index contributed by atoms with van der Waals surface area (Å²) in [6, 6.07) is 6.45. The van der Waals surface area contributed by atoms with E-state index in [1.165, 1.54) is 5.56 Å². The molecule has 0 fully saturated rings. The Labute approximate surface area is 105 Å². The Morgan fingerprint density at radius 3 is 2.69 bits per heavy atom. The minimum absolute atomic E-state index is 0.337. The summed E-state index contributed by atoms with van der Waals surface area (Å²) in [6.45, 7) is 3.28. The van der Waals surface area contributed by atoms with Crippen molar-refractivity contribution in [3.63, 3.8) is 0 Å². The zero-order chi connectivity index (χ0) is 12.0. The van der Waals surface area contributed by atoms with Gasteiger partial charge in [0.2, 0.25) is 0 Å². The fourth-order valence-corrected chi connectivity index (χ4v) is 1.82. The number of halogens is 1. The van der Waals surface area contributed by atoms with Crippen molar-refractivity contribution in [3.8, 4) is 5.75 Å². The van der Waals surface area contributed by atoms with Crippen LogP contribution in [0.25, 0.3) is 0 Å². The van der Waals surface area contributed by atoms with Crippen LogP contribution in [-0.2, 0) is 4.74 Å². The molecule has 16 heavy (non-hydrogen) atoms. The van der Waals surface area contributed by atoms with E-state index in [1.54, 1.807) is 7.11 Å². The molecule has 90 valence electrons. The SMILES string of the molecule is CNC(C)c1ccc(OCCOC)c(Br)c1. The number of methoxy groups -OCH3 is 1. The van der Waals surface area contributed by atoms with Gasteiger partial charge in [-0.15, -0.1) is 0 Å². The molecule has 1 N–H and O–H groups in total. The van der Waals surface area contributed by atoms with Crippen LogP contribution in [0.15, 0.2) is 22.7 Å². The van der Waals surface area contributed by atoms with E-state index in [9.17, 15) is 0 Å². The van der Waals surface area contributed by atoms with Crippen molar-refractivity contribution in [2.75, 3.05) is 27.4 Å². The molecule has 0 aliphatic rings. The number of nitrogens with one attached hydrogen (secondary N) is 1. The van der Waals surface area contributed by atoms with Gasteiger partial charge in [-0.2, -0.15) is 0 Å². The number of rotatable bonds is 6. The highest BCUT2D eigenvalue weighted by Crippen LogP contribution is 2.28. The monoisotopic (exact) mass is 287 g/mol. The van der Waals surface area contributed by atoms with Crippen LogP contribution in [-0.4, -0.2) is 27.4 Å². The summed E-state index contributed by atoms with van der Waals surface area (Å²) in [5.74, 6) is 0.851. The maximum atomic E-state index is 5.55. The van der Waals surface area contributed by atoms with Gasteiger partial charge in [0.05, 0.1) is 11.1 Å². The lowest BCUT2D eigenvalue weighted by molar-refractivity contribution is 0.146. The van der Waals surface area contributed by atoms with E-state index < -0.39 is 0 Å². The Hall–Kier alpha value is -0.580. The lowest BCUT2D eigenvalue weighted by Gasteiger charge is -2.13. The van der Waals surface area contributed by atoms with Crippen LogP contribution in [0.5, 0.6) is 5.75 Å². The molecule has 0 radical (unpaired) electrons. The molecular formula is C12H18BrNO2. The van der Waals surface area contributed by atoms with Crippen LogP contribution in [0.1, 0.15) is 18.5 Å². The molecule has 3 nitrogen and oxygen atoms in total. The highest BCUT2D eigenvalue weighted by Gasteiger charge is 2.06. The largest absolute Gasteiger partial charge is 0.490 e. The normalized spacial score (nSPS) is 12.5. The molecule has 1 unspecified atom stereocenters. The van der Waals surface area contributed by atoms with Crippen molar-refractivity contribution in [1.29, 1.82) is 0 Å². The number of hydrogen-bond donors (Lipinski definition) is 1. The fourth-order valence-electron chi connectivity index (χ4n) is 1.31. The average molecular weight is 288 g/mol. The number of hydrogen-bond acceptors (Lipinski definition) is 3. The fraction of sp³-hybridized carbons (Fsp3) is 0.500. The predicted octanol–water partition coefficient (Wildman–Crippen LogP) is 2.75. The van der Waals surface area contributed by atoms with Gasteiger partial charge in [0, 0.05) is 13.2 Å². The van der Waals surface area contributed by atoms with Gasteiger partial charge in [0.1, 0.15) is 12.4 Å². The van der Waals surface area contributed by atoms with Gasteiger partial charge in [-0.05, 0) is 47.6 Å². The highest BCUT2D eigenvalue weighted by atomic mass is 79.9. The van der Waals surface area contributed by atoms with E-state index in [0.29, 0.717) is 19.3 Å². The standard InChI is InChI=1S/C12H18BrNO2/c1-9(14-2)10-4-5-12(11(13)8-10)16-7-6-15-3/h4-5,8-9,14H,6-7H2,1-3H3. The Morgan fingerprint density at radius 2 is 2.12 bits per heavy atom. The van der Waals surface area contributed by atoms with Gasteiger partial charge >= 0.3 is 0 Å². The van der Waals surface area contributed by atoms with Gasteiger partial charge in [-0.25, -0.2) is 0 Å². The predicted molar refractivity (Wildman–Crippen MR) is 69.0 cm³/mol. The topological polar surface area (TPSA) is 30.5 Å². The molecule has 0 bridgehead atoms. The summed E-state index contributed by atoms with van der Waals surface area (Å²) in [6.07, 6.45) is 0. The van der Waals surface area contributed by atoms with Gasteiger partial charge in [-0.1, -0.05) is 6.07 Å². The van der Waals surface area contributed by atoms with Crippen LogP contribution in [0.3, 0.4) is 0 Å². The molecule has 0 aliphatic heterocycles. The van der Waals surface area contributed by atoms with E-state index in [2.05, 4.69) is 40.3 Å². The first-order valence-electron chi connectivity index (χ1n) is 5.27. The average Bonchev–Trinajstić information content (AvgIpc) is 2.30. The third-order valence-corrected chi connectivity index (χ3v) is 3.05. The third-order valence-electron chi connectivity index (χ3n) is 2.43. The molecule has 0 amide bonds. The van der Waals surface area contributed by atoms with E-state index >= 15 is 0 Å². The van der Waals surface area contributed by atoms with Crippen LogP contribution in [0, 0.1) is 0 Å². The van der Waals surface area contributed by atoms with Gasteiger partial charge in [0.25, 0.3) is 0 Å². The minimum Gasteiger partial charge on any atom is -0.490 e. The Morgan fingerprint density at radius 1 is 1.38 bits per heavy atom. The second kappa shape index (κ2) is 6.89. The Balaban J connectivity index is 2.67. The Kier molecular flexibility index (Phi) is 5.80. The first-order valence-corrected chi connectivity index (χ1v) is 6.06. The molecule has 1 atom stereocenters. The molecule has 0 aliphatic carbocycles. The molecule has 0 spiro atoms. The second-order valence-corrected chi connectivity index (χ2v) is 4.40. The molecule has 1 rings (SSSR count). The quantitative estimate of drug-likeness (QED) is 0.816. The van der Waals surface area contributed by atoms with Gasteiger partial charge < -0.3 is 14.8 Å². The zero-order valence-electron chi connectivity index (χ0n) is 9.92. The van der Waals surface area contributed by atoms with Crippen LogP contribution in [0.2, 0.25) is 0 Å². The van der Waals surface area contributed by atoms with Crippen molar-refractivity contribution >= 4 is 15.9 Å². The van der Waals surface area contributed by atoms with Gasteiger partial charge in [-0.3, -0.25) is 0 Å². The van der Waals surface area contributed by atoms with Crippen molar-refractivity contribution < 1.29 is 9.47 Å². The molecule has 4 heteroatoms. The summed E-state index contributed by atoms with van der Waals surface area (Å²) in [5.41, 5.74) is 1.23.